The van der Waals surface area contributed by atoms with Gasteiger partial charge in [-0.3, -0.25) is 4.90 Å². The molecule has 3 heterocycles. The van der Waals surface area contributed by atoms with Gasteiger partial charge in [0.2, 0.25) is 5.71 Å². The average Bonchev–Trinajstić information content (AvgIpc) is 3.37. The zero-order valence-corrected chi connectivity index (χ0v) is 24.0. The summed E-state index contributed by atoms with van der Waals surface area (Å²) >= 11 is 6.70. The molecule has 0 saturated carbocycles. The lowest BCUT2D eigenvalue weighted by molar-refractivity contribution is 0.221. The Balaban J connectivity index is 1.04. The summed E-state index contributed by atoms with van der Waals surface area (Å²) in [5.41, 5.74) is 5.15. The topological polar surface area (TPSA) is 95.3 Å². The molecule has 1 fully saturated rings. The Morgan fingerprint density at radius 2 is 1.64 bits per heavy atom. The lowest BCUT2D eigenvalue weighted by atomic mass is 10.1. The molecular formula is C33H33ClN6O2. The molecule has 1 aliphatic rings. The van der Waals surface area contributed by atoms with E-state index in [1.165, 1.54) is 25.6 Å². The minimum atomic E-state index is -0.254. The number of urea groups is 1. The number of aromatic nitrogens is 2. The third-order valence-corrected chi connectivity index (χ3v) is 7.85. The number of rotatable bonds is 9. The third-order valence-electron chi connectivity index (χ3n) is 7.49. The maximum absolute atomic E-state index is 12.8. The maximum atomic E-state index is 12.8. The van der Waals surface area contributed by atoms with Crippen molar-refractivity contribution < 1.29 is 9.21 Å². The summed E-state index contributed by atoms with van der Waals surface area (Å²) in [6.07, 6.45) is 6.00. The van der Waals surface area contributed by atoms with Gasteiger partial charge in [0.05, 0.1) is 0 Å². The van der Waals surface area contributed by atoms with E-state index in [0.717, 1.165) is 54.1 Å². The maximum Gasteiger partial charge on any atom is 0.323 e. The van der Waals surface area contributed by atoms with Gasteiger partial charge in [-0.15, -0.1) is 0 Å². The fourth-order valence-corrected chi connectivity index (χ4v) is 5.63. The zero-order valence-electron chi connectivity index (χ0n) is 23.3. The Hall–Kier alpha value is -4.40. The molecular weight excluding hydrogens is 548 g/mol. The molecule has 3 aromatic carbocycles. The second kappa shape index (κ2) is 13.1. The molecule has 42 heavy (non-hydrogen) atoms. The highest BCUT2D eigenvalue weighted by Gasteiger charge is 2.19. The van der Waals surface area contributed by atoms with Crippen LogP contribution in [0.15, 0.2) is 89.6 Å². The molecule has 0 aliphatic carbocycles. The van der Waals surface area contributed by atoms with Gasteiger partial charge in [-0.1, -0.05) is 78.7 Å². The normalized spacial score (nSPS) is 13.6. The van der Waals surface area contributed by atoms with E-state index in [4.69, 9.17) is 16.0 Å². The first kappa shape index (κ1) is 27.8. The molecule has 1 aliphatic heterocycles. The van der Waals surface area contributed by atoms with Gasteiger partial charge in [0.25, 0.3) is 0 Å². The van der Waals surface area contributed by atoms with Crippen LogP contribution in [0.1, 0.15) is 30.4 Å². The molecule has 9 heteroatoms. The SMILES string of the molecule is O=C(Nc1ccc(CCNc2ncnc3oc(-c4ccccc4)c(Cl)c23)cc1)Nc1ccccc1CN1CCCCC1. The van der Waals surface area contributed by atoms with Gasteiger partial charge < -0.3 is 20.4 Å². The van der Waals surface area contributed by atoms with Crippen molar-refractivity contribution in [1.82, 2.24) is 14.9 Å². The number of halogens is 1. The van der Waals surface area contributed by atoms with E-state index in [-0.39, 0.29) is 6.03 Å². The van der Waals surface area contributed by atoms with Crippen molar-refractivity contribution in [2.75, 3.05) is 35.6 Å². The Kier molecular flexibility index (Phi) is 8.63. The van der Waals surface area contributed by atoms with Crippen LogP contribution in [0.3, 0.4) is 0 Å². The molecule has 0 atom stereocenters. The van der Waals surface area contributed by atoms with Crippen molar-refractivity contribution in [3.63, 3.8) is 0 Å². The molecule has 2 amide bonds. The number of carbonyl (C=O) groups is 1. The predicted octanol–water partition coefficient (Wildman–Crippen LogP) is 7.83. The van der Waals surface area contributed by atoms with E-state index in [9.17, 15) is 4.79 Å². The molecule has 8 nitrogen and oxygen atoms in total. The first-order valence-electron chi connectivity index (χ1n) is 14.3. The monoisotopic (exact) mass is 580 g/mol. The van der Waals surface area contributed by atoms with Gasteiger partial charge in [0.1, 0.15) is 22.6 Å². The van der Waals surface area contributed by atoms with E-state index in [0.29, 0.717) is 34.2 Å². The number of anilines is 3. The van der Waals surface area contributed by atoms with E-state index in [1.54, 1.807) is 0 Å². The molecule has 3 N–H and O–H groups in total. The highest BCUT2D eigenvalue weighted by atomic mass is 35.5. The van der Waals surface area contributed by atoms with Gasteiger partial charge >= 0.3 is 6.03 Å². The molecule has 0 unspecified atom stereocenters. The van der Waals surface area contributed by atoms with Crippen LogP contribution in [0.4, 0.5) is 22.0 Å². The molecule has 5 aromatic rings. The van der Waals surface area contributed by atoms with Gasteiger partial charge in [0, 0.05) is 30.0 Å². The van der Waals surface area contributed by atoms with E-state index >= 15 is 0 Å². The number of nitrogens with zero attached hydrogens (tertiary/aromatic N) is 3. The number of fused-ring (bicyclic) bond motifs is 1. The van der Waals surface area contributed by atoms with Crippen molar-refractivity contribution >= 4 is 45.9 Å². The number of hydrogen-bond donors (Lipinski definition) is 3. The van der Waals surface area contributed by atoms with E-state index in [2.05, 4.69) is 36.9 Å². The van der Waals surface area contributed by atoms with Crippen molar-refractivity contribution in [3.05, 3.63) is 101 Å². The van der Waals surface area contributed by atoms with Crippen LogP contribution in [0.5, 0.6) is 0 Å². The van der Waals surface area contributed by atoms with Crippen molar-refractivity contribution in [2.24, 2.45) is 0 Å². The third kappa shape index (κ3) is 6.56. The number of benzene rings is 3. The van der Waals surface area contributed by atoms with E-state index < -0.39 is 0 Å². The Labute approximate surface area is 250 Å². The quantitative estimate of drug-likeness (QED) is 0.164. The summed E-state index contributed by atoms with van der Waals surface area (Å²) in [4.78, 5) is 23.9. The van der Waals surface area contributed by atoms with Crippen molar-refractivity contribution in [3.8, 4) is 11.3 Å². The molecule has 0 bridgehead atoms. The summed E-state index contributed by atoms with van der Waals surface area (Å²) in [6.45, 7) is 3.70. The fraction of sp³-hybridized carbons (Fsp3) is 0.242. The van der Waals surface area contributed by atoms with E-state index in [1.807, 2.05) is 72.8 Å². The van der Waals surface area contributed by atoms with Gasteiger partial charge in [-0.25, -0.2) is 14.8 Å². The molecule has 2 aromatic heterocycles. The second-order valence-corrected chi connectivity index (χ2v) is 10.8. The second-order valence-electron chi connectivity index (χ2n) is 10.5. The molecule has 0 radical (unpaired) electrons. The summed E-state index contributed by atoms with van der Waals surface area (Å²) in [6, 6.07) is 25.3. The van der Waals surface area contributed by atoms with Gasteiger partial charge in [-0.05, 0) is 61.7 Å². The van der Waals surface area contributed by atoms with Gasteiger partial charge in [-0.2, -0.15) is 0 Å². The van der Waals surface area contributed by atoms with Crippen molar-refractivity contribution in [2.45, 2.75) is 32.2 Å². The average molecular weight is 581 g/mol. The molecule has 0 spiro atoms. The Morgan fingerprint density at radius 3 is 2.45 bits per heavy atom. The summed E-state index contributed by atoms with van der Waals surface area (Å²) in [7, 11) is 0. The first-order valence-corrected chi connectivity index (χ1v) is 14.7. The number of carbonyl (C=O) groups excluding carboxylic acids is 1. The number of furan rings is 1. The Bertz CT molecular complexity index is 1650. The fourth-order valence-electron chi connectivity index (χ4n) is 5.31. The van der Waals surface area contributed by atoms with Crippen LogP contribution in [0.2, 0.25) is 5.02 Å². The summed E-state index contributed by atoms with van der Waals surface area (Å²) in [5.74, 6) is 1.21. The minimum Gasteiger partial charge on any atom is -0.436 e. The molecule has 214 valence electrons. The highest BCUT2D eigenvalue weighted by molar-refractivity contribution is 6.38. The lowest BCUT2D eigenvalue weighted by Gasteiger charge is -2.27. The van der Waals surface area contributed by atoms with Crippen molar-refractivity contribution in [1.29, 1.82) is 0 Å². The van der Waals surface area contributed by atoms with Crippen LogP contribution >= 0.6 is 11.6 Å². The number of hydrogen-bond acceptors (Lipinski definition) is 6. The summed E-state index contributed by atoms with van der Waals surface area (Å²) in [5, 5.41) is 10.5. The lowest BCUT2D eigenvalue weighted by Crippen LogP contribution is -2.29. The Morgan fingerprint density at radius 1 is 0.881 bits per heavy atom. The zero-order chi connectivity index (χ0) is 28.7. The van der Waals surface area contributed by atoms with Crippen LogP contribution < -0.4 is 16.0 Å². The number of amides is 2. The number of nitrogens with one attached hydrogen (secondary N) is 3. The van der Waals surface area contributed by atoms with Crippen LogP contribution in [0, 0.1) is 0 Å². The van der Waals surface area contributed by atoms with Crippen LogP contribution in [0.25, 0.3) is 22.4 Å². The minimum absolute atomic E-state index is 0.254. The number of para-hydroxylation sites is 1. The highest BCUT2D eigenvalue weighted by Crippen LogP contribution is 2.39. The molecule has 6 rings (SSSR count). The molecule has 1 saturated heterocycles. The first-order chi connectivity index (χ1) is 20.6. The summed E-state index contributed by atoms with van der Waals surface area (Å²) < 4.78 is 5.95. The predicted molar refractivity (Wildman–Crippen MR) is 169 cm³/mol. The van der Waals surface area contributed by atoms with Gasteiger partial charge in [0.15, 0.2) is 5.76 Å². The smallest absolute Gasteiger partial charge is 0.323 e. The standard InChI is InChI=1S/C33H33ClN6O2/c34-29-28-31(36-22-37-32(28)42-30(29)24-9-3-1-4-10-24)35-18-17-23-13-15-26(16-14-23)38-33(41)39-27-12-6-5-11-25(27)21-40-19-7-2-8-20-40/h1,3-6,9-16,22H,2,7-8,17-21H2,(H,35,36,37)(H2,38,39,41). The van der Waals surface area contributed by atoms with Crippen LogP contribution in [-0.4, -0.2) is 40.5 Å². The number of piperidine rings is 1. The largest absolute Gasteiger partial charge is 0.436 e. The number of likely N-dealkylation sites (tertiary alicyclic amines) is 1. The van der Waals surface area contributed by atoms with Crippen LogP contribution in [-0.2, 0) is 13.0 Å².